The largest absolute Gasteiger partial charge is 0.493 e. The third kappa shape index (κ3) is 1.91. The molecular weight excluding hydrogens is 216 g/mol. The van der Waals surface area contributed by atoms with Gasteiger partial charge in [-0.05, 0) is 42.2 Å². The Kier molecular flexibility index (Phi) is 2.57. The minimum Gasteiger partial charge on any atom is -0.493 e. The van der Waals surface area contributed by atoms with Crippen molar-refractivity contribution in [3.8, 4) is 5.75 Å². The molecule has 88 valence electrons. The Morgan fingerprint density at radius 1 is 1.35 bits per heavy atom. The van der Waals surface area contributed by atoms with Crippen LogP contribution in [-0.2, 0) is 6.42 Å². The molecule has 17 heavy (non-hydrogen) atoms. The molecule has 0 spiro atoms. The molecule has 0 amide bonds. The number of aliphatic hydroxyl groups excluding tert-OH is 1. The van der Waals surface area contributed by atoms with Crippen molar-refractivity contribution in [2.24, 2.45) is 0 Å². The summed E-state index contributed by atoms with van der Waals surface area (Å²) in [5.41, 5.74) is 2.76. The Bertz CT molecular complexity index is 508. The fourth-order valence-corrected chi connectivity index (χ4v) is 2.15. The zero-order valence-corrected chi connectivity index (χ0v) is 9.39. The van der Waals surface area contributed by atoms with E-state index >= 15 is 0 Å². The molecule has 0 bridgehead atoms. The fraction of sp³-hybridized carbons (Fsp3) is 0.308. The number of nitrogens with zero attached hydrogens (tertiary/aromatic N) is 1. The third-order valence-corrected chi connectivity index (χ3v) is 3.07. The molecule has 4 nitrogen and oxygen atoms in total. The topological polar surface area (TPSA) is 58.1 Å². The average Bonchev–Trinajstić information content (AvgIpc) is 2.91. The van der Waals surface area contributed by atoms with E-state index in [9.17, 15) is 5.11 Å². The van der Waals surface area contributed by atoms with Crippen LogP contribution in [0.5, 0.6) is 5.75 Å². The first-order valence-electron chi connectivity index (χ1n) is 5.77. The fourth-order valence-electron chi connectivity index (χ4n) is 2.15. The van der Waals surface area contributed by atoms with Crippen molar-refractivity contribution in [3.63, 3.8) is 0 Å². The lowest BCUT2D eigenvalue weighted by Crippen LogP contribution is -2.09. The number of aromatic nitrogens is 2. The summed E-state index contributed by atoms with van der Waals surface area (Å²) in [7, 11) is 0. The van der Waals surface area contributed by atoms with Crippen LogP contribution in [0.4, 0.5) is 0 Å². The summed E-state index contributed by atoms with van der Waals surface area (Å²) in [5, 5.41) is 16.8. The molecule has 1 aliphatic rings. The molecule has 3 rings (SSSR count). The summed E-state index contributed by atoms with van der Waals surface area (Å²) in [6.45, 7) is 0.787. The lowest BCUT2D eigenvalue weighted by Gasteiger charge is -2.19. The zero-order chi connectivity index (χ0) is 11.7. The molecule has 1 aromatic heterocycles. The summed E-state index contributed by atoms with van der Waals surface area (Å²) < 4.78 is 5.55. The predicted molar refractivity (Wildman–Crippen MR) is 62.9 cm³/mol. The van der Waals surface area contributed by atoms with E-state index in [1.807, 2.05) is 18.2 Å². The van der Waals surface area contributed by atoms with Crippen LogP contribution in [0.3, 0.4) is 0 Å². The van der Waals surface area contributed by atoms with Gasteiger partial charge in [-0.1, -0.05) is 6.07 Å². The van der Waals surface area contributed by atoms with Crippen molar-refractivity contribution in [2.45, 2.75) is 18.9 Å². The van der Waals surface area contributed by atoms with Gasteiger partial charge in [0.1, 0.15) is 11.9 Å². The first-order valence-corrected chi connectivity index (χ1v) is 5.77. The van der Waals surface area contributed by atoms with Gasteiger partial charge < -0.3 is 9.84 Å². The molecule has 0 radical (unpaired) electrons. The number of aryl methyl sites for hydroxylation is 1. The summed E-state index contributed by atoms with van der Waals surface area (Å²) in [6, 6.07) is 7.62. The molecule has 2 aromatic rings. The van der Waals surface area contributed by atoms with Gasteiger partial charge in [0.15, 0.2) is 0 Å². The summed E-state index contributed by atoms with van der Waals surface area (Å²) >= 11 is 0. The Balaban J connectivity index is 1.93. The number of nitrogens with one attached hydrogen (secondary N) is 1. The smallest absolute Gasteiger partial charge is 0.122 e. The quantitative estimate of drug-likeness (QED) is 0.827. The maximum Gasteiger partial charge on any atom is 0.122 e. The highest BCUT2D eigenvalue weighted by Gasteiger charge is 2.16. The van der Waals surface area contributed by atoms with Gasteiger partial charge in [0.25, 0.3) is 0 Å². The lowest BCUT2D eigenvalue weighted by atomic mass is 9.99. The molecule has 2 heterocycles. The SMILES string of the molecule is OC(c1ccc2c(c1)CCCO2)c1ccn[nH]1. The van der Waals surface area contributed by atoms with Crippen LogP contribution in [0.15, 0.2) is 30.5 Å². The van der Waals surface area contributed by atoms with Crippen LogP contribution in [-0.4, -0.2) is 21.9 Å². The van der Waals surface area contributed by atoms with Gasteiger partial charge in [-0.3, -0.25) is 5.10 Å². The molecule has 0 fully saturated rings. The number of aliphatic hydroxyl groups is 1. The molecule has 1 atom stereocenters. The van der Waals surface area contributed by atoms with E-state index in [4.69, 9.17) is 4.74 Å². The normalized spacial score (nSPS) is 16.1. The molecule has 2 N–H and O–H groups in total. The number of fused-ring (bicyclic) bond motifs is 1. The molecule has 4 heteroatoms. The van der Waals surface area contributed by atoms with E-state index in [1.54, 1.807) is 12.3 Å². The first kappa shape index (κ1) is 10.4. The Morgan fingerprint density at radius 3 is 3.12 bits per heavy atom. The number of aromatic amines is 1. The highest BCUT2D eigenvalue weighted by molar-refractivity contribution is 5.40. The number of ether oxygens (including phenoxy) is 1. The monoisotopic (exact) mass is 230 g/mol. The van der Waals surface area contributed by atoms with Crippen molar-refractivity contribution in [1.29, 1.82) is 0 Å². The number of rotatable bonds is 2. The lowest BCUT2D eigenvalue weighted by molar-refractivity contribution is 0.214. The minimum atomic E-state index is -0.648. The Morgan fingerprint density at radius 2 is 2.29 bits per heavy atom. The van der Waals surface area contributed by atoms with Gasteiger partial charge in [0, 0.05) is 6.20 Å². The van der Waals surface area contributed by atoms with Crippen molar-refractivity contribution < 1.29 is 9.84 Å². The highest BCUT2D eigenvalue weighted by Crippen LogP contribution is 2.29. The van der Waals surface area contributed by atoms with E-state index in [-0.39, 0.29) is 0 Å². The van der Waals surface area contributed by atoms with Gasteiger partial charge in [0.2, 0.25) is 0 Å². The van der Waals surface area contributed by atoms with Gasteiger partial charge in [-0.2, -0.15) is 5.10 Å². The van der Waals surface area contributed by atoms with Crippen LogP contribution in [0, 0.1) is 0 Å². The molecular formula is C13H14N2O2. The average molecular weight is 230 g/mol. The highest BCUT2D eigenvalue weighted by atomic mass is 16.5. The van der Waals surface area contributed by atoms with Gasteiger partial charge in [0.05, 0.1) is 12.3 Å². The molecule has 1 unspecified atom stereocenters. The van der Waals surface area contributed by atoms with Crippen molar-refractivity contribution in [3.05, 3.63) is 47.3 Å². The van der Waals surface area contributed by atoms with Crippen LogP contribution in [0.1, 0.15) is 29.3 Å². The number of benzene rings is 1. The van der Waals surface area contributed by atoms with E-state index in [1.165, 1.54) is 5.56 Å². The van der Waals surface area contributed by atoms with Crippen molar-refractivity contribution >= 4 is 0 Å². The Hall–Kier alpha value is -1.81. The van der Waals surface area contributed by atoms with E-state index in [2.05, 4.69) is 10.2 Å². The number of H-pyrrole nitrogens is 1. The van der Waals surface area contributed by atoms with Gasteiger partial charge in [-0.25, -0.2) is 0 Å². The van der Waals surface area contributed by atoms with Crippen LogP contribution < -0.4 is 4.74 Å². The predicted octanol–water partition coefficient (Wildman–Crippen LogP) is 1.82. The summed E-state index contributed by atoms with van der Waals surface area (Å²) in [6.07, 6.45) is 3.04. The standard InChI is InChI=1S/C13H14N2O2/c16-13(11-5-6-14-15-11)10-3-4-12-9(8-10)2-1-7-17-12/h3-6,8,13,16H,1-2,7H2,(H,14,15). The van der Waals surface area contributed by atoms with E-state index in [0.29, 0.717) is 5.69 Å². The van der Waals surface area contributed by atoms with Crippen LogP contribution in [0.25, 0.3) is 0 Å². The third-order valence-electron chi connectivity index (χ3n) is 3.07. The van der Waals surface area contributed by atoms with Gasteiger partial charge in [-0.15, -0.1) is 0 Å². The second-order valence-electron chi connectivity index (χ2n) is 4.23. The number of hydrogen-bond acceptors (Lipinski definition) is 3. The van der Waals surface area contributed by atoms with Gasteiger partial charge >= 0.3 is 0 Å². The molecule has 1 aliphatic heterocycles. The summed E-state index contributed by atoms with van der Waals surface area (Å²) in [4.78, 5) is 0. The number of hydrogen-bond donors (Lipinski definition) is 2. The maximum atomic E-state index is 10.2. The van der Waals surface area contributed by atoms with E-state index in [0.717, 1.165) is 30.8 Å². The Labute approximate surface area is 99.2 Å². The van der Waals surface area contributed by atoms with Crippen molar-refractivity contribution in [2.75, 3.05) is 6.61 Å². The minimum absolute atomic E-state index is 0.648. The maximum absolute atomic E-state index is 10.2. The van der Waals surface area contributed by atoms with Crippen molar-refractivity contribution in [1.82, 2.24) is 10.2 Å². The first-order chi connectivity index (χ1) is 8.34. The molecule has 0 saturated heterocycles. The zero-order valence-electron chi connectivity index (χ0n) is 9.39. The molecule has 0 aliphatic carbocycles. The second kappa shape index (κ2) is 4.22. The molecule has 0 saturated carbocycles. The summed E-state index contributed by atoms with van der Waals surface area (Å²) in [5.74, 6) is 0.941. The van der Waals surface area contributed by atoms with Crippen LogP contribution >= 0.6 is 0 Å². The second-order valence-corrected chi connectivity index (χ2v) is 4.23. The molecule has 1 aromatic carbocycles. The van der Waals surface area contributed by atoms with Crippen LogP contribution in [0.2, 0.25) is 0 Å². The van der Waals surface area contributed by atoms with E-state index < -0.39 is 6.10 Å².